The zero-order valence-electron chi connectivity index (χ0n) is 15.3. The van der Waals surface area contributed by atoms with Crippen LogP contribution in [0.3, 0.4) is 0 Å². The summed E-state index contributed by atoms with van der Waals surface area (Å²) in [6.45, 7) is 5.64. The molecule has 0 spiro atoms. The van der Waals surface area contributed by atoms with Crippen LogP contribution in [0.15, 0.2) is 43.0 Å². The minimum atomic E-state index is -4.95. The fourth-order valence-electron chi connectivity index (χ4n) is 2.81. The van der Waals surface area contributed by atoms with E-state index in [1.807, 2.05) is 6.92 Å². The van der Waals surface area contributed by atoms with Crippen LogP contribution in [0.1, 0.15) is 51.0 Å². The van der Waals surface area contributed by atoms with Gasteiger partial charge in [0.15, 0.2) is 0 Å². The number of ether oxygens (including phenoxy) is 2. The van der Waals surface area contributed by atoms with Gasteiger partial charge in [-0.05, 0) is 25.7 Å². The summed E-state index contributed by atoms with van der Waals surface area (Å²) >= 11 is 0. The van der Waals surface area contributed by atoms with Gasteiger partial charge in [0.1, 0.15) is 6.10 Å². The molecule has 26 heavy (non-hydrogen) atoms. The highest BCUT2D eigenvalue weighted by Gasteiger charge is 2.64. The summed E-state index contributed by atoms with van der Waals surface area (Å²) in [6, 6.07) is 6.86. The van der Waals surface area contributed by atoms with Crippen molar-refractivity contribution in [2.75, 3.05) is 7.11 Å². The fourth-order valence-corrected chi connectivity index (χ4v) is 2.81. The van der Waals surface area contributed by atoms with Crippen LogP contribution in [-0.4, -0.2) is 25.4 Å². The highest BCUT2D eigenvalue weighted by Crippen LogP contribution is 2.43. The maximum atomic E-state index is 13.9. The first-order valence-electron chi connectivity index (χ1n) is 8.82. The molecule has 0 bridgehead atoms. The van der Waals surface area contributed by atoms with Gasteiger partial charge >= 0.3 is 12.1 Å². The second-order valence-electron chi connectivity index (χ2n) is 6.14. The van der Waals surface area contributed by atoms with Crippen LogP contribution >= 0.6 is 0 Å². The molecule has 1 rings (SSSR count). The molecule has 0 N–H and O–H groups in total. The van der Waals surface area contributed by atoms with E-state index in [9.17, 15) is 18.0 Å². The molecule has 0 aliphatic heterocycles. The Kier molecular flexibility index (Phi) is 8.85. The van der Waals surface area contributed by atoms with Gasteiger partial charge < -0.3 is 9.47 Å². The molecule has 2 atom stereocenters. The standard InChI is InChI=1S/C20H27F3O3/c1-4-6-9-15-17(14-7-5-2)26-18(24)19(25-3,20(21,22)23)16-12-10-8-11-13-16/h5,8,10-13,17H,2,4,6-7,9,14-15H2,1,3H3/t17-,19-/m0/s1. The van der Waals surface area contributed by atoms with E-state index in [4.69, 9.17) is 9.47 Å². The number of methoxy groups -OCH3 is 1. The van der Waals surface area contributed by atoms with Gasteiger partial charge in [-0.1, -0.05) is 56.2 Å². The Labute approximate surface area is 153 Å². The van der Waals surface area contributed by atoms with E-state index >= 15 is 0 Å². The van der Waals surface area contributed by atoms with Crippen LogP contribution in [0.4, 0.5) is 13.2 Å². The molecule has 0 unspecified atom stereocenters. The van der Waals surface area contributed by atoms with Gasteiger partial charge in [0.25, 0.3) is 5.60 Å². The summed E-state index contributed by atoms with van der Waals surface area (Å²) in [7, 11) is 0.873. The number of unbranched alkanes of at least 4 members (excludes halogenated alkanes) is 2. The molecule has 0 aliphatic rings. The number of hydrogen-bond acceptors (Lipinski definition) is 3. The average molecular weight is 372 g/mol. The summed E-state index contributed by atoms with van der Waals surface area (Å²) in [5.74, 6) is -1.43. The molecule has 1 aromatic carbocycles. The third-order valence-corrected chi connectivity index (χ3v) is 4.27. The maximum Gasteiger partial charge on any atom is 0.432 e. The number of carbonyl (C=O) groups excluding carboxylic acids is 1. The van der Waals surface area contributed by atoms with Crippen molar-refractivity contribution in [3.8, 4) is 0 Å². The molecule has 0 aliphatic carbocycles. The fraction of sp³-hybridized carbons (Fsp3) is 0.550. The number of carbonyl (C=O) groups is 1. The van der Waals surface area contributed by atoms with Crippen molar-refractivity contribution in [1.82, 2.24) is 0 Å². The van der Waals surface area contributed by atoms with Crippen LogP contribution < -0.4 is 0 Å². The lowest BCUT2D eigenvalue weighted by Gasteiger charge is -2.33. The molecular weight excluding hydrogens is 345 g/mol. The summed E-state index contributed by atoms with van der Waals surface area (Å²) in [5, 5.41) is 0. The monoisotopic (exact) mass is 372 g/mol. The van der Waals surface area contributed by atoms with Crippen LogP contribution in [-0.2, 0) is 19.9 Å². The first-order valence-corrected chi connectivity index (χ1v) is 8.82. The predicted octanol–water partition coefficient (Wildman–Crippen LogP) is 5.55. The minimum Gasteiger partial charge on any atom is -0.460 e. The van der Waals surface area contributed by atoms with E-state index in [0.717, 1.165) is 26.4 Å². The van der Waals surface area contributed by atoms with Gasteiger partial charge in [-0.2, -0.15) is 13.2 Å². The first-order chi connectivity index (χ1) is 12.3. The van der Waals surface area contributed by atoms with E-state index in [1.165, 1.54) is 24.3 Å². The van der Waals surface area contributed by atoms with Gasteiger partial charge in [0.05, 0.1) is 0 Å². The lowest BCUT2D eigenvalue weighted by molar-refractivity contribution is -0.278. The zero-order valence-corrected chi connectivity index (χ0v) is 15.3. The summed E-state index contributed by atoms with van der Waals surface area (Å²) in [5.41, 5.74) is -3.43. The Balaban J connectivity index is 3.12. The molecule has 0 saturated heterocycles. The summed E-state index contributed by atoms with van der Waals surface area (Å²) < 4.78 is 51.7. The van der Waals surface area contributed by atoms with Crippen molar-refractivity contribution in [3.63, 3.8) is 0 Å². The summed E-state index contributed by atoms with van der Waals surface area (Å²) in [4.78, 5) is 12.7. The molecule has 0 amide bonds. The molecule has 1 aromatic rings. The van der Waals surface area contributed by atoms with Gasteiger partial charge in [0.2, 0.25) is 0 Å². The van der Waals surface area contributed by atoms with Gasteiger partial charge in [0, 0.05) is 12.7 Å². The van der Waals surface area contributed by atoms with E-state index in [0.29, 0.717) is 19.3 Å². The lowest BCUT2D eigenvalue weighted by Crippen LogP contribution is -2.52. The lowest BCUT2D eigenvalue weighted by atomic mass is 9.92. The zero-order chi connectivity index (χ0) is 19.6. The van der Waals surface area contributed by atoms with Crippen LogP contribution in [0.5, 0.6) is 0 Å². The van der Waals surface area contributed by atoms with Gasteiger partial charge in [-0.25, -0.2) is 4.79 Å². The van der Waals surface area contributed by atoms with Crippen molar-refractivity contribution in [2.24, 2.45) is 0 Å². The Bertz CT molecular complexity index is 557. The molecule has 0 heterocycles. The minimum absolute atomic E-state index is 0.295. The number of rotatable bonds is 11. The Morgan fingerprint density at radius 3 is 2.35 bits per heavy atom. The third kappa shape index (κ3) is 5.34. The van der Waals surface area contributed by atoms with E-state index in [2.05, 4.69) is 6.58 Å². The Morgan fingerprint density at radius 2 is 1.85 bits per heavy atom. The van der Waals surface area contributed by atoms with Crippen molar-refractivity contribution in [3.05, 3.63) is 48.6 Å². The molecule has 0 aromatic heterocycles. The number of allylic oxidation sites excluding steroid dienone is 1. The van der Waals surface area contributed by atoms with Gasteiger partial charge in [-0.15, -0.1) is 6.58 Å². The van der Waals surface area contributed by atoms with E-state index < -0.39 is 23.9 Å². The van der Waals surface area contributed by atoms with Gasteiger partial charge in [-0.3, -0.25) is 0 Å². The quantitative estimate of drug-likeness (QED) is 0.290. The number of alkyl halides is 3. The molecular formula is C20H27F3O3. The highest BCUT2D eigenvalue weighted by molar-refractivity contribution is 5.82. The second kappa shape index (κ2) is 10.4. The third-order valence-electron chi connectivity index (χ3n) is 4.27. The smallest absolute Gasteiger partial charge is 0.432 e. The highest BCUT2D eigenvalue weighted by atomic mass is 19.4. The van der Waals surface area contributed by atoms with Crippen molar-refractivity contribution < 1.29 is 27.4 Å². The SMILES string of the molecule is C=CCC[C@@H](CCCCC)OC(=O)[C@@](OC)(c1ccccc1)C(F)(F)F. The molecule has 146 valence electrons. The maximum absolute atomic E-state index is 13.9. The number of halogens is 3. The number of esters is 1. The van der Waals surface area contributed by atoms with E-state index in [1.54, 1.807) is 12.1 Å². The second-order valence-corrected chi connectivity index (χ2v) is 6.14. The molecule has 3 nitrogen and oxygen atoms in total. The predicted molar refractivity (Wildman–Crippen MR) is 94.6 cm³/mol. The van der Waals surface area contributed by atoms with Crippen LogP contribution in [0, 0.1) is 0 Å². The van der Waals surface area contributed by atoms with Crippen LogP contribution in [0.25, 0.3) is 0 Å². The van der Waals surface area contributed by atoms with E-state index in [-0.39, 0.29) is 5.56 Å². The van der Waals surface area contributed by atoms with Crippen LogP contribution in [0.2, 0.25) is 0 Å². The number of hydrogen-bond donors (Lipinski definition) is 0. The average Bonchev–Trinajstić information content (AvgIpc) is 2.60. The first kappa shape index (κ1) is 22.2. The molecule has 6 heteroatoms. The molecule has 0 radical (unpaired) electrons. The topological polar surface area (TPSA) is 35.5 Å². The Hall–Kier alpha value is -1.82. The Morgan fingerprint density at radius 1 is 1.19 bits per heavy atom. The van der Waals surface area contributed by atoms with Crippen molar-refractivity contribution in [1.29, 1.82) is 0 Å². The molecule has 0 fully saturated rings. The van der Waals surface area contributed by atoms with Crippen molar-refractivity contribution in [2.45, 2.75) is 63.3 Å². The largest absolute Gasteiger partial charge is 0.460 e. The number of benzene rings is 1. The normalized spacial score (nSPS) is 15.1. The van der Waals surface area contributed by atoms with Crippen molar-refractivity contribution >= 4 is 5.97 Å². The molecule has 0 saturated carbocycles. The summed E-state index contributed by atoms with van der Waals surface area (Å²) in [6.07, 6.45) is 0.284.